The molecular weight excluding hydrogens is 314 g/mol. The summed E-state index contributed by atoms with van der Waals surface area (Å²) in [5.74, 6) is 0.362. The first-order chi connectivity index (χ1) is 11.1. The molecule has 6 nitrogen and oxygen atoms in total. The minimum Gasteiger partial charge on any atom is -0.490 e. The molecule has 2 amide bonds. The first-order valence-electron chi connectivity index (χ1n) is 7.91. The Hall–Kier alpha value is -1.73. The van der Waals surface area contributed by atoms with E-state index in [0.29, 0.717) is 12.8 Å². The molecule has 1 unspecified atom stereocenters. The quantitative estimate of drug-likeness (QED) is 0.576. The molecule has 1 aromatic rings. The number of imide groups is 1. The number of rotatable bonds is 4. The number of thiol groups is 1. The standard InChI is InChI=1S/C16H21N3O3S/c20-15-6-5-14(16(21)18-15)17-11-1-3-12(4-2-11)22-13-7-9-19(23)10-8-13/h1-4,13-14,17,23H,5-10H2,(H,18,20,21). The fourth-order valence-corrected chi connectivity index (χ4v) is 3.05. The van der Waals surface area contributed by atoms with Crippen LogP contribution in [0, 0.1) is 0 Å². The molecule has 0 bridgehead atoms. The Morgan fingerprint density at radius 1 is 1.13 bits per heavy atom. The van der Waals surface area contributed by atoms with Crippen molar-refractivity contribution in [2.45, 2.75) is 37.8 Å². The molecule has 1 aromatic carbocycles. The number of nitrogens with one attached hydrogen (secondary N) is 2. The number of anilines is 1. The molecule has 0 spiro atoms. The van der Waals surface area contributed by atoms with Gasteiger partial charge in [0.05, 0.1) is 0 Å². The highest BCUT2D eigenvalue weighted by molar-refractivity contribution is 7.77. The van der Waals surface area contributed by atoms with Crippen molar-refractivity contribution in [2.75, 3.05) is 18.4 Å². The second-order valence-electron chi connectivity index (χ2n) is 5.94. The number of hydrogen-bond acceptors (Lipinski definition) is 6. The van der Waals surface area contributed by atoms with E-state index >= 15 is 0 Å². The van der Waals surface area contributed by atoms with Gasteiger partial charge in [-0.2, -0.15) is 0 Å². The molecule has 0 aromatic heterocycles. The topological polar surface area (TPSA) is 70.7 Å². The van der Waals surface area contributed by atoms with Crippen LogP contribution in [0.4, 0.5) is 5.69 Å². The maximum Gasteiger partial charge on any atom is 0.249 e. The average molecular weight is 335 g/mol. The fraction of sp³-hybridized carbons (Fsp3) is 0.500. The van der Waals surface area contributed by atoms with Crippen molar-refractivity contribution in [1.82, 2.24) is 9.62 Å². The number of hydrogen-bond donors (Lipinski definition) is 3. The monoisotopic (exact) mass is 335 g/mol. The van der Waals surface area contributed by atoms with Gasteiger partial charge in [0.2, 0.25) is 11.8 Å². The summed E-state index contributed by atoms with van der Waals surface area (Å²) in [6, 6.07) is 7.24. The van der Waals surface area contributed by atoms with Crippen LogP contribution in [0.3, 0.4) is 0 Å². The Morgan fingerprint density at radius 3 is 2.48 bits per heavy atom. The van der Waals surface area contributed by atoms with E-state index < -0.39 is 0 Å². The van der Waals surface area contributed by atoms with Crippen LogP contribution in [-0.4, -0.2) is 41.4 Å². The highest BCUT2D eigenvalue weighted by Gasteiger charge is 2.26. The predicted molar refractivity (Wildman–Crippen MR) is 90.4 cm³/mol. The molecule has 0 radical (unpaired) electrons. The van der Waals surface area contributed by atoms with Crippen molar-refractivity contribution < 1.29 is 14.3 Å². The van der Waals surface area contributed by atoms with Crippen LogP contribution in [0.2, 0.25) is 0 Å². The maximum atomic E-state index is 11.7. The van der Waals surface area contributed by atoms with Crippen molar-refractivity contribution in [3.05, 3.63) is 24.3 Å². The van der Waals surface area contributed by atoms with Crippen molar-refractivity contribution in [3.63, 3.8) is 0 Å². The zero-order valence-electron chi connectivity index (χ0n) is 12.8. The summed E-state index contributed by atoms with van der Waals surface area (Å²) in [5.41, 5.74) is 0.844. The number of amides is 2. The smallest absolute Gasteiger partial charge is 0.249 e. The van der Waals surface area contributed by atoms with Gasteiger partial charge in [-0.05, 0) is 43.5 Å². The molecular formula is C16H21N3O3S. The van der Waals surface area contributed by atoms with Gasteiger partial charge in [0.1, 0.15) is 17.9 Å². The van der Waals surface area contributed by atoms with Gasteiger partial charge in [-0.25, -0.2) is 0 Å². The zero-order valence-corrected chi connectivity index (χ0v) is 13.7. The number of nitrogens with zero attached hydrogens (tertiary/aromatic N) is 1. The van der Waals surface area contributed by atoms with Gasteiger partial charge >= 0.3 is 0 Å². The molecule has 0 saturated carbocycles. The van der Waals surface area contributed by atoms with Gasteiger partial charge in [0, 0.05) is 25.2 Å². The van der Waals surface area contributed by atoms with Crippen molar-refractivity contribution in [1.29, 1.82) is 0 Å². The molecule has 2 aliphatic rings. The molecule has 3 rings (SSSR count). The third-order valence-corrected chi connectivity index (χ3v) is 4.56. The Bertz CT molecular complexity index is 570. The van der Waals surface area contributed by atoms with Gasteiger partial charge < -0.3 is 10.1 Å². The van der Waals surface area contributed by atoms with Crippen molar-refractivity contribution >= 4 is 30.3 Å². The van der Waals surface area contributed by atoms with Gasteiger partial charge in [-0.15, -0.1) is 0 Å². The van der Waals surface area contributed by atoms with E-state index in [2.05, 4.69) is 23.4 Å². The molecule has 124 valence electrons. The third kappa shape index (κ3) is 4.39. The zero-order chi connectivity index (χ0) is 16.2. The molecule has 2 aliphatic heterocycles. The Balaban J connectivity index is 1.53. The SMILES string of the molecule is O=C1CCC(Nc2ccc(OC3CCN(S)CC3)cc2)C(=O)N1. The van der Waals surface area contributed by atoms with E-state index in [-0.39, 0.29) is 24.0 Å². The van der Waals surface area contributed by atoms with Gasteiger partial charge in [0.25, 0.3) is 0 Å². The Labute approximate surface area is 141 Å². The molecule has 2 heterocycles. The summed E-state index contributed by atoms with van der Waals surface area (Å²) in [6.07, 6.45) is 3.06. The normalized spacial score (nSPS) is 23.4. The number of carbonyl (C=O) groups is 2. The molecule has 23 heavy (non-hydrogen) atoms. The molecule has 2 N–H and O–H groups in total. The number of carbonyl (C=O) groups excluding carboxylic acids is 2. The molecule has 0 aliphatic carbocycles. The highest BCUT2D eigenvalue weighted by atomic mass is 32.1. The van der Waals surface area contributed by atoms with Crippen LogP contribution in [0.25, 0.3) is 0 Å². The van der Waals surface area contributed by atoms with Crippen LogP contribution in [0.15, 0.2) is 24.3 Å². The van der Waals surface area contributed by atoms with E-state index in [1.165, 1.54) is 0 Å². The van der Waals surface area contributed by atoms with E-state index in [1.807, 2.05) is 28.6 Å². The summed E-state index contributed by atoms with van der Waals surface area (Å²) in [4.78, 5) is 22.9. The van der Waals surface area contributed by atoms with Gasteiger partial charge in [-0.1, -0.05) is 12.8 Å². The van der Waals surface area contributed by atoms with Crippen LogP contribution < -0.4 is 15.4 Å². The van der Waals surface area contributed by atoms with Crippen molar-refractivity contribution in [2.24, 2.45) is 0 Å². The summed E-state index contributed by atoms with van der Waals surface area (Å²) in [6.45, 7) is 1.87. The molecule has 7 heteroatoms. The highest BCUT2D eigenvalue weighted by Crippen LogP contribution is 2.22. The summed E-state index contributed by atoms with van der Waals surface area (Å²) in [5, 5.41) is 5.49. The van der Waals surface area contributed by atoms with Crippen molar-refractivity contribution in [3.8, 4) is 5.75 Å². The lowest BCUT2D eigenvalue weighted by Crippen LogP contribution is -2.47. The van der Waals surface area contributed by atoms with E-state index in [4.69, 9.17) is 4.74 Å². The fourth-order valence-electron chi connectivity index (χ4n) is 2.81. The largest absolute Gasteiger partial charge is 0.490 e. The third-order valence-electron chi connectivity index (χ3n) is 4.16. The Kier molecular flexibility index (Phi) is 5.07. The molecule has 2 fully saturated rings. The summed E-state index contributed by atoms with van der Waals surface area (Å²) >= 11 is 4.33. The van der Waals surface area contributed by atoms with Crippen LogP contribution >= 0.6 is 12.8 Å². The second kappa shape index (κ2) is 7.23. The molecule has 2 saturated heterocycles. The summed E-state index contributed by atoms with van der Waals surface area (Å²) < 4.78 is 7.98. The lowest BCUT2D eigenvalue weighted by atomic mass is 10.1. The minimum atomic E-state index is -0.362. The minimum absolute atomic E-state index is 0.205. The number of benzene rings is 1. The molecule has 1 atom stereocenters. The van der Waals surface area contributed by atoms with Crippen LogP contribution in [0.1, 0.15) is 25.7 Å². The first kappa shape index (κ1) is 16.1. The lowest BCUT2D eigenvalue weighted by Gasteiger charge is -2.28. The van der Waals surface area contributed by atoms with Crippen LogP contribution in [-0.2, 0) is 9.59 Å². The van der Waals surface area contributed by atoms with E-state index in [9.17, 15) is 9.59 Å². The first-order valence-corrected chi connectivity index (χ1v) is 8.31. The van der Waals surface area contributed by atoms with E-state index in [1.54, 1.807) is 0 Å². The number of piperidine rings is 2. The van der Waals surface area contributed by atoms with Crippen LogP contribution in [0.5, 0.6) is 5.75 Å². The summed E-state index contributed by atoms with van der Waals surface area (Å²) in [7, 11) is 0. The van der Waals surface area contributed by atoms with Gasteiger partial charge in [-0.3, -0.25) is 19.2 Å². The maximum absolute atomic E-state index is 11.7. The predicted octanol–water partition coefficient (Wildman–Crippen LogP) is 1.59. The Morgan fingerprint density at radius 2 is 1.83 bits per heavy atom. The number of ether oxygens (including phenoxy) is 1. The van der Waals surface area contributed by atoms with Gasteiger partial charge in [0.15, 0.2) is 0 Å². The lowest BCUT2D eigenvalue weighted by molar-refractivity contribution is -0.133. The second-order valence-corrected chi connectivity index (χ2v) is 6.51. The van der Waals surface area contributed by atoms with E-state index in [0.717, 1.165) is 37.4 Å². The average Bonchev–Trinajstić information content (AvgIpc) is 2.54.